The quantitative estimate of drug-likeness (QED) is 0.504. The van der Waals surface area contributed by atoms with Crippen LogP contribution in [0, 0.1) is 0 Å². The smallest absolute Gasteiger partial charge is 0.341 e. The SMILES string of the molecule is CCOC(=O)c1c(-c2ccccc2)csc1NC(=O)c1ccc(Cl)cc1Cl. The number of amides is 1. The molecule has 1 heterocycles. The molecular formula is C20H15Cl2NO3S. The molecule has 0 radical (unpaired) electrons. The largest absolute Gasteiger partial charge is 0.462 e. The lowest BCUT2D eigenvalue weighted by Gasteiger charge is -2.09. The number of ether oxygens (including phenoxy) is 1. The van der Waals surface area contributed by atoms with Crippen LogP contribution in [0.15, 0.2) is 53.9 Å². The van der Waals surface area contributed by atoms with Gasteiger partial charge in [0.05, 0.1) is 17.2 Å². The molecule has 3 aromatic rings. The summed E-state index contributed by atoms with van der Waals surface area (Å²) in [5.41, 5.74) is 2.16. The molecule has 0 saturated heterocycles. The third kappa shape index (κ3) is 4.33. The summed E-state index contributed by atoms with van der Waals surface area (Å²) in [5.74, 6) is -0.918. The second kappa shape index (κ2) is 8.57. The fourth-order valence-corrected chi connectivity index (χ4v) is 3.98. The van der Waals surface area contributed by atoms with E-state index in [0.717, 1.165) is 5.56 Å². The summed E-state index contributed by atoms with van der Waals surface area (Å²) in [5, 5.41) is 5.66. The third-order valence-electron chi connectivity index (χ3n) is 3.76. The molecule has 0 aliphatic rings. The fraction of sp³-hybridized carbons (Fsp3) is 0.100. The Hall–Kier alpha value is -2.34. The number of carbonyl (C=O) groups excluding carboxylic acids is 2. The minimum Gasteiger partial charge on any atom is -0.462 e. The lowest BCUT2D eigenvalue weighted by atomic mass is 10.0. The maximum Gasteiger partial charge on any atom is 0.341 e. The minimum atomic E-state index is -0.491. The van der Waals surface area contributed by atoms with Crippen LogP contribution in [0.5, 0.6) is 0 Å². The highest BCUT2D eigenvalue weighted by atomic mass is 35.5. The van der Waals surface area contributed by atoms with Crippen molar-refractivity contribution in [3.63, 3.8) is 0 Å². The first kappa shape index (κ1) is 19.4. The molecule has 4 nitrogen and oxygen atoms in total. The summed E-state index contributed by atoms with van der Waals surface area (Å²) in [6.07, 6.45) is 0. The van der Waals surface area contributed by atoms with E-state index >= 15 is 0 Å². The summed E-state index contributed by atoms with van der Waals surface area (Å²) in [7, 11) is 0. The molecule has 0 bridgehead atoms. The van der Waals surface area contributed by atoms with Crippen molar-refractivity contribution in [3.05, 3.63) is 75.1 Å². The van der Waals surface area contributed by atoms with Crippen LogP contribution in [-0.4, -0.2) is 18.5 Å². The van der Waals surface area contributed by atoms with Crippen molar-refractivity contribution < 1.29 is 14.3 Å². The van der Waals surface area contributed by atoms with Crippen LogP contribution < -0.4 is 5.32 Å². The summed E-state index contributed by atoms with van der Waals surface area (Å²) in [4.78, 5) is 25.2. The first-order valence-electron chi connectivity index (χ1n) is 8.11. The summed E-state index contributed by atoms with van der Waals surface area (Å²) >= 11 is 13.2. The lowest BCUT2D eigenvalue weighted by Crippen LogP contribution is -2.15. The Morgan fingerprint density at radius 3 is 2.52 bits per heavy atom. The molecule has 0 atom stereocenters. The first-order chi connectivity index (χ1) is 13.0. The van der Waals surface area contributed by atoms with E-state index in [1.54, 1.807) is 13.0 Å². The van der Waals surface area contributed by atoms with Gasteiger partial charge in [0.1, 0.15) is 10.6 Å². The van der Waals surface area contributed by atoms with Gasteiger partial charge in [-0.2, -0.15) is 0 Å². The van der Waals surface area contributed by atoms with Crippen molar-refractivity contribution in [1.82, 2.24) is 0 Å². The molecule has 0 saturated carbocycles. The predicted octanol–water partition coefficient (Wildman–Crippen LogP) is 6.15. The molecule has 0 unspecified atom stereocenters. The predicted molar refractivity (Wildman–Crippen MR) is 110 cm³/mol. The fourth-order valence-electron chi connectivity index (χ4n) is 2.53. The maximum atomic E-state index is 12.6. The van der Waals surface area contributed by atoms with Gasteiger partial charge in [0.2, 0.25) is 0 Å². The van der Waals surface area contributed by atoms with Gasteiger partial charge >= 0.3 is 5.97 Å². The molecule has 3 rings (SSSR count). The Morgan fingerprint density at radius 1 is 1.11 bits per heavy atom. The van der Waals surface area contributed by atoms with Crippen molar-refractivity contribution in [2.75, 3.05) is 11.9 Å². The van der Waals surface area contributed by atoms with Crippen molar-refractivity contribution in [1.29, 1.82) is 0 Å². The summed E-state index contributed by atoms with van der Waals surface area (Å²) in [6, 6.07) is 14.1. The first-order valence-corrected chi connectivity index (χ1v) is 9.75. The number of halogens is 2. The molecule has 1 amide bonds. The number of carbonyl (C=O) groups is 2. The number of anilines is 1. The van der Waals surface area contributed by atoms with Gasteiger partial charge < -0.3 is 10.1 Å². The number of nitrogens with one attached hydrogen (secondary N) is 1. The van der Waals surface area contributed by atoms with Crippen LogP contribution in [0.1, 0.15) is 27.6 Å². The molecule has 27 heavy (non-hydrogen) atoms. The number of esters is 1. The van der Waals surface area contributed by atoms with Crippen molar-refractivity contribution in [2.45, 2.75) is 6.92 Å². The van der Waals surface area contributed by atoms with E-state index in [0.29, 0.717) is 21.2 Å². The van der Waals surface area contributed by atoms with E-state index in [4.69, 9.17) is 27.9 Å². The van der Waals surface area contributed by atoms with E-state index in [1.165, 1.54) is 23.5 Å². The monoisotopic (exact) mass is 419 g/mol. The molecule has 0 aliphatic carbocycles. The molecule has 7 heteroatoms. The van der Waals surface area contributed by atoms with E-state index in [2.05, 4.69) is 5.32 Å². The van der Waals surface area contributed by atoms with Crippen LogP contribution >= 0.6 is 34.5 Å². The maximum absolute atomic E-state index is 12.6. The molecule has 138 valence electrons. The standard InChI is InChI=1S/C20H15Cl2NO3S/c1-2-26-20(25)17-15(12-6-4-3-5-7-12)11-27-19(17)23-18(24)14-9-8-13(21)10-16(14)22/h3-11H,2H2,1H3,(H,23,24). The number of thiophene rings is 1. The second-order valence-electron chi connectivity index (χ2n) is 5.52. The van der Waals surface area contributed by atoms with Gasteiger partial charge in [-0.25, -0.2) is 4.79 Å². The molecule has 0 spiro atoms. The van der Waals surface area contributed by atoms with Gasteiger partial charge in [0.15, 0.2) is 0 Å². The highest BCUT2D eigenvalue weighted by Gasteiger charge is 2.23. The lowest BCUT2D eigenvalue weighted by molar-refractivity contribution is 0.0529. The third-order valence-corrected chi connectivity index (χ3v) is 5.20. The zero-order valence-electron chi connectivity index (χ0n) is 14.3. The van der Waals surface area contributed by atoms with Crippen molar-refractivity contribution in [3.8, 4) is 11.1 Å². The summed E-state index contributed by atoms with van der Waals surface area (Å²) < 4.78 is 5.19. The van der Waals surface area contributed by atoms with E-state index in [-0.39, 0.29) is 17.2 Å². The second-order valence-corrected chi connectivity index (χ2v) is 7.24. The Morgan fingerprint density at radius 2 is 1.85 bits per heavy atom. The van der Waals surface area contributed by atoms with E-state index in [9.17, 15) is 9.59 Å². The Kier molecular flexibility index (Phi) is 6.16. The van der Waals surface area contributed by atoms with Gasteiger partial charge in [-0.15, -0.1) is 11.3 Å². The van der Waals surface area contributed by atoms with Gasteiger partial charge in [0.25, 0.3) is 5.91 Å². The normalized spacial score (nSPS) is 10.5. The minimum absolute atomic E-state index is 0.234. The number of benzene rings is 2. The molecule has 1 N–H and O–H groups in total. The summed E-state index contributed by atoms with van der Waals surface area (Å²) in [6.45, 7) is 1.97. The van der Waals surface area contributed by atoms with Crippen LogP contribution in [0.3, 0.4) is 0 Å². The zero-order chi connectivity index (χ0) is 19.4. The Balaban J connectivity index is 1.99. The number of hydrogen-bond donors (Lipinski definition) is 1. The van der Waals surface area contributed by atoms with Gasteiger partial charge in [-0.1, -0.05) is 53.5 Å². The van der Waals surface area contributed by atoms with Gasteiger partial charge in [-0.05, 0) is 30.7 Å². The van der Waals surface area contributed by atoms with Crippen LogP contribution in [-0.2, 0) is 4.74 Å². The molecule has 0 aliphatic heterocycles. The van der Waals surface area contributed by atoms with Crippen LogP contribution in [0.4, 0.5) is 5.00 Å². The molecule has 2 aromatic carbocycles. The van der Waals surface area contributed by atoms with E-state index in [1.807, 2.05) is 35.7 Å². The molecule has 0 fully saturated rings. The van der Waals surface area contributed by atoms with Crippen LogP contribution in [0.25, 0.3) is 11.1 Å². The molecular weight excluding hydrogens is 405 g/mol. The average molecular weight is 420 g/mol. The Labute approximate surface area is 170 Å². The molecule has 1 aromatic heterocycles. The average Bonchev–Trinajstić information content (AvgIpc) is 3.06. The van der Waals surface area contributed by atoms with Gasteiger partial charge in [-0.3, -0.25) is 4.79 Å². The van der Waals surface area contributed by atoms with Crippen molar-refractivity contribution >= 4 is 51.4 Å². The highest BCUT2D eigenvalue weighted by molar-refractivity contribution is 7.15. The zero-order valence-corrected chi connectivity index (χ0v) is 16.6. The number of hydrogen-bond acceptors (Lipinski definition) is 4. The topological polar surface area (TPSA) is 55.4 Å². The number of rotatable bonds is 5. The van der Waals surface area contributed by atoms with Crippen LogP contribution in [0.2, 0.25) is 10.0 Å². The van der Waals surface area contributed by atoms with Gasteiger partial charge in [0, 0.05) is 16.0 Å². The highest BCUT2D eigenvalue weighted by Crippen LogP contribution is 2.36. The van der Waals surface area contributed by atoms with E-state index < -0.39 is 11.9 Å². The van der Waals surface area contributed by atoms with Crippen molar-refractivity contribution in [2.24, 2.45) is 0 Å². The Bertz CT molecular complexity index is 986.